The fraction of sp³-hybridized carbons (Fsp3) is 0.737. The van der Waals surface area contributed by atoms with E-state index in [1.807, 2.05) is 0 Å². The molecule has 0 bridgehead atoms. The summed E-state index contributed by atoms with van der Waals surface area (Å²) in [6.45, 7) is 4.60. The van der Waals surface area contributed by atoms with Crippen LogP contribution in [0.1, 0.15) is 219 Å². The van der Waals surface area contributed by atoms with Crippen molar-refractivity contribution in [1.29, 1.82) is 0 Å². The summed E-state index contributed by atoms with van der Waals surface area (Å²) in [5.74, 6) is -1.80. The summed E-state index contributed by atoms with van der Waals surface area (Å²) in [4.78, 5) is 37.1. The highest BCUT2D eigenvalue weighted by Gasteiger charge is 2.25. The minimum absolute atomic E-state index is 0.0224. The van der Waals surface area contributed by atoms with Crippen LogP contribution in [-0.4, -0.2) is 75.5 Å². The van der Waals surface area contributed by atoms with Gasteiger partial charge in [-0.2, -0.15) is 0 Å². The van der Waals surface area contributed by atoms with Gasteiger partial charge in [-0.1, -0.05) is 183 Å². The van der Waals surface area contributed by atoms with Gasteiger partial charge in [0, 0.05) is 19.3 Å². The van der Waals surface area contributed by atoms with E-state index in [1.54, 1.807) is 21.1 Å². The molecule has 2 unspecified atom stereocenters. The Morgan fingerprint density at radius 3 is 1.28 bits per heavy atom. The lowest BCUT2D eigenvalue weighted by atomic mass is 10.1. The maximum absolute atomic E-state index is 12.8. The van der Waals surface area contributed by atoms with Crippen LogP contribution >= 0.6 is 0 Å². The molecule has 0 rings (SSSR count). The molecule has 374 valence electrons. The number of likely N-dealkylation sites (N-methyl/N-ethyl adjacent to an activating group) is 1. The first-order valence-electron chi connectivity index (χ1n) is 26.5. The number of rotatable bonds is 47. The molecule has 8 heteroatoms. The van der Waals surface area contributed by atoms with Gasteiger partial charge in [0.2, 0.25) is 0 Å². The predicted molar refractivity (Wildman–Crippen MR) is 272 cm³/mol. The third-order valence-corrected chi connectivity index (χ3v) is 11.6. The Bertz CT molecular complexity index is 1290. The molecule has 0 spiro atoms. The minimum atomic E-state index is -1.13. The highest BCUT2D eigenvalue weighted by molar-refractivity contribution is 5.70. The van der Waals surface area contributed by atoms with Crippen molar-refractivity contribution >= 4 is 17.9 Å². The maximum atomic E-state index is 12.8. The Labute approximate surface area is 400 Å². The van der Waals surface area contributed by atoms with E-state index in [4.69, 9.17) is 14.2 Å². The van der Waals surface area contributed by atoms with Crippen LogP contribution in [0, 0.1) is 0 Å². The number of nitrogens with zero attached hydrogens (tertiary/aromatic N) is 1. The van der Waals surface area contributed by atoms with Gasteiger partial charge in [0.25, 0.3) is 0 Å². The van der Waals surface area contributed by atoms with Crippen LogP contribution in [0.15, 0.2) is 72.9 Å². The number of carboxylic acid groups (broad SMARTS) is 1. The first-order valence-corrected chi connectivity index (χ1v) is 26.5. The van der Waals surface area contributed by atoms with E-state index >= 15 is 0 Å². The van der Waals surface area contributed by atoms with Gasteiger partial charge >= 0.3 is 11.9 Å². The summed E-state index contributed by atoms with van der Waals surface area (Å²) >= 11 is 0. The fourth-order valence-electron chi connectivity index (χ4n) is 7.44. The third-order valence-electron chi connectivity index (χ3n) is 11.6. The summed E-state index contributed by atoms with van der Waals surface area (Å²) in [7, 11) is 5.40. The molecule has 0 heterocycles. The van der Waals surface area contributed by atoms with E-state index in [9.17, 15) is 19.5 Å². The maximum Gasteiger partial charge on any atom is 0.306 e. The van der Waals surface area contributed by atoms with Crippen LogP contribution in [0.2, 0.25) is 0 Å². The molecular weight excluding hydrogens is 811 g/mol. The first-order chi connectivity index (χ1) is 31.6. The van der Waals surface area contributed by atoms with Gasteiger partial charge in [-0.05, 0) is 89.9 Å². The van der Waals surface area contributed by atoms with E-state index in [0.717, 1.165) is 57.8 Å². The normalized spacial score (nSPS) is 13.4. The van der Waals surface area contributed by atoms with Gasteiger partial charge in [-0.15, -0.1) is 0 Å². The lowest BCUT2D eigenvalue weighted by Crippen LogP contribution is -2.55. The van der Waals surface area contributed by atoms with E-state index in [0.29, 0.717) is 19.3 Å². The van der Waals surface area contributed by atoms with Gasteiger partial charge in [0.15, 0.2) is 6.10 Å². The number of ether oxygens (including phenoxy) is 3. The first kappa shape index (κ1) is 61.8. The zero-order valence-corrected chi connectivity index (χ0v) is 42.6. The zero-order valence-electron chi connectivity index (χ0n) is 42.6. The number of aliphatic carboxylic acids is 1. The Morgan fingerprint density at radius 1 is 0.462 bits per heavy atom. The molecule has 8 nitrogen and oxygen atoms in total. The minimum Gasteiger partial charge on any atom is -0.544 e. The summed E-state index contributed by atoms with van der Waals surface area (Å²) in [5.41, 5.74) is 0. The third kappa shape index (κ3) is 45.7. The van der Waals surface area contributed by atoms with E-state index in [-0.39, 0.29) is 42.7 Å². The van der Waals surface area contributed by atoms with E-state index in [1.165, 1.54) is 122 Å². The summed E-state index contributed by atoms with van der Waals surface area (Å²) in [5, 5.41) is 11.7. The molecule has 0 aliphatic carbocycles. The average molecular weight is 910 g/mol. The average Bonchev–Trinajstić information content (AvgIpc) is 3.27. The number of carbonyl (C=O) groups excluding carboxylic acids is 3. The number of hydrogen-bond donors (Lipinski definition) is 0. The molecule has 0 fully saturated rings. The number of hydrogen-bond acceptors (Lipinski definition) is 7. The van der Waals surface area contributed by atoms with Gasteiger partial charge in [-0.3, -0.25) is 9.59 Å². The number of allylic oxidation sites excluding steroid dienone is 12. The predicted octanol–water partition coefficient (Wildman–Crippen LogP) is 14.1. The molecule has 0 radical (unpaired) electrons. The van der Waals surface area contributed by atoms with Crippen LogP contribution in [0.25, 0.3) is 0 Å². The van der Waals surface area contributed by atoms with Gasteiger partial charge in [0.05, 0.1) is 40.3 Å². The quantitative estimate of drug-likeness (QED) is 0.0259. The molecule has 0 aromatic heterocycles. The fourth-order valence-corrected chi connectivity index (χ4v) is 7.44. The largest absolute Gasteiger partial charge is 0.544 e. The Hall–Kier alpha value is -3.23. The SMILES string of the molecule is CCCCC/C=C/C/C=C/C/C=C/C/C=C/C/C=C/CCCCC(=O)OCC(COCCC(C(=O)[O-])[N+](C)(C)C)OC(=O)CCCCCCCCC/C=C/CCCCCCCCCCC. The van der Waals surface area contributed by atoms with Crippen molar-refractivity contribution < 1.29 is 38.2 Å². The van der Waals surface area contributed by atoms with Crippen molar-refractivity contribution in [2.75, 3.05) is 41.0 Å². The molecule has 65 heavy (non-hydrogen) atoms. The molecule has 0 saturated carbocycles. The number of esters is 2. The second kappa shape index (κ2) is 47.3. The molecule has 0 aliphatic rings. The summed E-state index contributed by atoms with van der Waals surface area (Å²) < 4.78 is 17.2. The second-order valence-electron chi connectivity index (χ2n) is 18.8. The van der Waals surface area contributed by atoms with Gasteiger partial charge < -0.3 is 28.6 Å². The van der Waals surface area contributed by atoms with Crippen molar-refractivity contribution in [3.05, 3.63) is 72.9 Å². The molecular formula is C57H99NO7. The Balaban J connectivity index is 4.33. The van der Waals surface area contributed by atoms with E-state index < -0.39 is 18.1 Å². The van der Waals surface area contributed by atoms with Crippen LogP contribution in [0.3, 0.4) is 0 Å². The summed E-state index contributed by atoms with van der Waals surface area (Å²) in [6.07, 6.45) is 60.8. The van der Waals surface area contributed by atoms with Crippen molar-refractivity contribution in [3.8, 4) is 0 Å². The number of unbranched alkanes of at least 4 members (excludes halogenated alkanes) is 21. The van der Waals surface area contributed by atoms with Crippen LogP contribution in [0.5, 0.6) is 0 Å². The smallest absolute Gasteiger partial charge is 0.306 e. The standard InChI is InChI=1S/C57H99NO7/c1-6-8-10-12-14-16-18-20-22-24-26-28-30-31-33-35-37-39-41-43-45-47-55(59)64-52-53(51-63-50-49-54(57(61)62)58(3,4)5)65-56(60)48-46-44-42-40-38-36-34-32-29-27-25-23-21-19-17-15-13-11-9-7-2/h14,16,20,22,26-29,31,33,37,39,53-54H,6-13,15,17-19,21,23-25,30,32,34-36,38,40-52H2,1-5H3/b16-14+,22-20+,28-26+,29-27+,33-31+,39-37+. The molecule has 0 amide bonds. The molecule has 0 aliphatic heterocycles. The molecule has 0 saturated heterocycles. The van der Waals surface area contributed by atoms with Crippen molar-refractivity contribution in [2.24, 2.45) is 0 Å². The second-order valence-corrected chi connectivity index (χ2v) is 18.8. The Morgan fingerprint density at radius 2 is 0.815 bits per heavy atom. The topological polar surface area (TPSA) is 102 Å². The van der Waals surface area contributed by atoms with Crippen molar-refractivity contribution in [3.63, 3.8) is 0 Å². The lowest BCUT2D eigenvalue weighted by Gasteiger charge is -2.34. The molecule has 0 N–H and O–H groups in total. The lowest BCUT2D eigenvalue weighted by molar-refractivity contribution is -0.889. The highest BCUT2D eigenvalue weighted by atomic mass is 16.6. The Kier molecular flexibility index (Phi) is 44.9. The molecule has 0 aromatic rings. The van der Waals surface area contributed by atoms with Crippen LogP contribution in [0.4, 0.5) is 0 Å². The molecule has 0 aromatic carbocycles. The number of carboxylic acids is 1. The van der Waals surface area contributed by atoms with Gasteiger partial charge in [0.1, 0.15) is 12.6 Å². The van der Waals surface area contributed by atoms with Crippen molar-refractivity contribution in [2.45, 2.75) is 231 Å². The van der Waals surface area contributed by atoms with E-state index in [2.05, 4.69) is 86.8 Å². The van der Waals surface area contributed by atoms with Crippen molar-refractivity contribution in [1.82, 2.24) is 0 Å². The number of carbonyl (C=O) groups is 3. The summed E-state index contributed by atoms with van der Waals surface area (Å²) in [6, 6.07) is -0.737. The van der Waals surface area contributed by atoms with Crippen LogP contribution < -0.4 is 5.11 Å². The highest BCUT2D eigenvalue weighted by Crippen LogP contribution is 2.14. The zero-order chi connectivity index (χ0) is 47.7. The number of quaternary nitrogens is 1. The molecule has 2 atom stereocenters. The van der Waals surface area contributed by atoms with Gasteiger partial charge in [-0.25, -0.2) is 0 Å². The van der Waals surface area contributed by atoms with Crippen LogP contribution in [-0.2, 0) is 28.6 Å². The monoisotopic (exact) mass is 910 g/mol.